The lowest BCUT2D eigenvalue weighted by atomic mass is 9.77. The quantitative estimate of drug-likeness (QED) is 0.132. The minimum Gasteiger partial charge on any atom is -0.414 e. The smallest absolute Gasteiger partial charge is 0.414 e. The van der Waals surface area contributed by atoms with E-state index >= 15 is 0 Å². The van der Waals surface area contributed by atoms with Gasteiger partial charge in [0.25, 0.3) is 5.56 Å². The fourth-order valence-corrected chi connectivity index (χ4v) is 7.97. The van der Waals surface area contributed by atoms with E-state index in [2.05, 4.69) is 62.3 Å². The van der Waals surface area contributed by atoms with Crippen molar-refractivity contribution in [1.29, 1.82) is 0 Å². The number of nitrogens with zero attached hydrogens (tertiary/aromatic N) is 3. The molecule has 2 aliphatic rings. The van der Waals surface area contributed by atoms with Crippen molar-refractivity contribution in [3.63, 3.8) is 0 Å². The van der Waals surface area contributed by atoms with E-state index in [-0.39, 0.29) is 39.6 Å². The summed E-state index contributed by atoms with van der Waals surface area (Å²) in [6.07, 6.45) is 0.0769. The molecule has 0 aromatic carbocycles. The van der Waals surface area contributed by atoms with Crippen molar-refractivity contribution in [3.05, 3.63) is 28.8 Å². The third-order valence-electron chi connectivity index (χ3n) is 8.76. The summed E-state index contributed by atoms with van der Waals surface area (Å²) in [5, 5.41) is 11.5. The molecule has 1 unspecified atom stereocenters. The van der Waals surface area contributed by atoms with Gasteiger partial charge in [-0.3, -0.25) is 14.3 Å². The van der Waals surface area contributed by atoms with Gasteiger partial charge in [-0.25, -0.2) is 4.98 Å². The van der Waals surface area contributed by atoms with Gasteiger partial charge in [0, 0.05) is 4.75 Å². The van der Waals surface area contributed by atoms with E-state index in [0.717, 1.165) is 24.8 Å². The number of allylic oxidation sites excluding steroid dienone is 1. The Labute approximate surface area is 253 Å². The Hall–Kier alpha value is -1.22. The van der Waals surface area contributed by atoms with Crippen molar-refractivity contribution < 1.29 is 23.3 Å². The Bertz CT molecular complexity index is 1360. The number of hydrogen-bond acceptors (Lipinski definition) is 11. The number of rotatable bonds is 9. The first kappa shape index (κ1) is 32.7. The fourth-order valence-electron chi connectivity index (χ4n) is 4.94. The highest BCUT2D eigenvalue weighted by molar-refractivity contribution is 8.00. The summed E-state index contributed by atoms with van der Waals surface area (Å²) >= 11 is 10.6. The van der Waals surface area contributed by atoms with Gasteiger partial charge in [-0.2, -0.15) is 17.6 Å². The van der Waals surface area contributed by atoms with Gasteiger partial charge in [0.05, 0.1) is 12.9 Å². The number of nitrogens with two attached hydrogens (primary N) is 1. The number of nitrogens with one attached hydrogen (secondary N) is 1. The van der Waals surface area contributed by atoms with Crippen molar-refractivity contribution in [2.45, 2.75) is 107 Å². The molecule has 2 aromatic heterocycles. The Morgan fingerprint density at radius 3 is 2.76 bits per heavy atom. The lowest BCUT2D eigenvalue weighted by molar-refractivity contribution is -0.0485. The van der Waals surface area contributed by atoms with Gasteiger partial charge in [-0.05, 0) is 57.2 Å². The molecule has 11 nitrogen and oxygen atoms in total. The average molecular weight is 645 g/mol. The number of aromatic nitrogens is 4. The van der Waals surface area contributed by atoms with Gasteiger partial charge in [0.15, 0.2) is 31.8 Å². The van der Waals surface area contributed by atoms with Crippen molar-refractivity contribution in [1.82, 2.24) is 19.5 Å². The highest BCUT2D eigenvalue weighted by Crippen LogP contribution is 2.47. The molecular weight excluding hydrogens is 602 g/mol. The number of hydrogen-bond donors (Lipinski definition) is 4. The van der Waals surface area contributed by atoms with Gasteiger partial charge in [-0.1, -0.05) is 32.9 Å². The Morgan fingerprint density at radius 2 is 2.12 bits per heavy atom. The van der Waals surface area contributed by atoms with Gasteiger partial charge in [-0.15, -0.1) is 9.05 Å². The summed E-state index contributed by atoms with van der Waals surface area (Å²) in [4.78, 5) is 23.2. The van der Waals surface area contributed by atoms with E-state index in [1.54, 1.807) is 0 Å². The highest BCUT2D eigenvalue weighted by Gasteiger charge is 2.52. The minimum atomic E-state index is -2.16. The molecule has 41 heavy (non-hydrogen) atoms. The Kier molecular flexibility index (Phi) is 9.60. The van der Waals surface area contributed by atoms with Crippen LogP contribution < -0.4 is 11.3 Å². The van der Waals surface area contributed by atoms with Crippen molar-refractivity contribution in [3.8, 4) is 0 Å². The van der Waals surface area contributed by atoms with Crippen LogP contribution in [0.3, 0.4) is 0 Å². The number of imidazole rings is 1. The third kappa shape index (κ3) is 6.96. The topological polar surface area (TPSA) is 147 Å². The van der Waals surface area contributed by atoms with Crippen molar-refractivity contribution >= 4 is 57.0 Å². The molecule has 1 aliphatic carbocycles. The van der Waals surface area contributed by atoms with Crippen LogP contribution in [0.2, 0.25) is 18.1 Å². The van der Waals surface area contributed by atoms with E-state index in [9.17, 15) is 9.90 Å². The molecule has 4 N–H and O–H groups in total. The second kappa shape index (κ2) is 12.0. The number of fused-ring (bicyclic) bond motifs is 1. The number of thiol groups is 1. The summed E-state index contributed by atoms with van der Waals surface area (Å²) in [6.45, 7) is 19.1. The zero-order chi connectivity index (χ0) is 30.5. The number of nitrogen functional groups attached to an aromatic ring is 1. The minimum absolute atomic E-state index is 0.0332. The molecule has 2 fully saturated rings. The number of aromatic amines is 1. The zero-order valence-corrected chi connectivity index (χ0v) is 28.4. The molecule has 0 bridgehead atoms. The summed E-state index contributed by atoms with van der Waals surface area (Å²) in [5.41, 5.74) is 6.69. The van der Waals surface area contributed by atoms with Crippen LogP contribution >= 0.6 is 19.8 Å². The fraction of sp³-hybridized carbons (Fsp3) is 0.731. The summed E-state index contributed by atoms with van der Waals surface area (Å²) in [6, 6.07) is 0. The van der Waals surface area contributed by atoms with E-state index in [1.165, 1.54) is 10.9 Å². The first-order valence-electron chi connectivity index (χ1n) is 13.8. The first-order valence-corrected chi connectivity index (χ1v) is 19.3. The molecule has 0 radical (unpaired) electrons. The zero-order valence-electron chi connectivity index (χ0n) is 24.8. The number of ether oxygens (including phenoxy) is 1. The van der Waals surface area contributed by atoms with Crippen LogP contribution in [0.4, 0.5) is 5.95 Å². The number of aliphatic hydroxyl groups is 1. The maximum Gasteiger partial charge on any atom is 0.522 e. The van der Waals surface area contributed by atoms with E-state index in [4.69, 9.17) is 48.4 Å². The summed E-state index contributed by atoms with van der Waals surface area (Å²) < 4.78 is 26.5. The van der Waals surface area contributed by atoms with Crippen LogP contribution in [0.25, 0.3) is 11.2 Å². The van der Waals surface area contributed by atoms with Crippen molar-refractivity contribution in [2.24, 2.45) is 5.92 Å². The molecule has 1 saturated heterocycles. The summed E-state index contributed by atoms with van der Waals surface area (Å²) in [5.74, 6) is 0.256. The standard InChI is InChI=1S/C26H42N5O6PS2Si/c1-14(2)15-9-10-26(6,39)17(11-15)36-38(40)37-20-16(12-34-41(7,8)25(3,4)5)35-23(19(20)32)31-13-28-18-21(31)29-24(27)30-22(18)33/h13,15-17,19-20,23,32H,1,9-12H2,2-8H3,(H3-,27,29,30,33,39)/p+1/t15-,16-,17+,19-,20-,23-,26+/m1/s1. The molecule has 15 heteroatoms. The molecule has 1 aliphatic heterocycles. The molecule has 228 valence electrons. The van der Waals surface area contributed by atoms with Crippen LogP contribution in [0.5, 0.6) is 0 Å². The number of anilines is 1. The van der Waals surface area contributed by atoms with Crippen LogP contribution in [0, 0.1) is 5.92 Å². The predicted molar refractivity (Wildman–Crippen MR) is 169 cm³/mol. The second-order valence-corrected chi connectivity index (χ2v) is 20.6. The van der Waals surface area contributed by atoms with Gasteiger partial charge >= 0.3 is 7.15 Å². The van der Waals surface area contributed by atoms with Gasteiger partial charge < -0.3 is 20.0 Å². The van der Waals surface area contributed by atoms with E-state index < -0.39 is 45.6 Å². The maximum absolute atomic E-state index is 12.4. The Balaban J connectivity index is 1.59. The molecule has 0 spiro atoms. The molecule has 3 heterocycles. The van der Waals surface area contributed by atoms with Crippen molar-refractivity contribution in [2.75, 3.05) is 12.3 Å². The largest absolute Gasteiger partial charge is 0.522 e. The molecule has 2 aromatic rings. The van der Waals surface area contributed by atoms with Crippen LogP contribution in [-0.4, -0.2) is 68.7 Å². The Morgan fingerprint density at radius 1 is 1.44 bits per heavy atom. The number of H-pyrrole nitrogens is 1. The van der Waals surface area contributed by atoms with Crippen LogP contribution in [0.1, 0.15) is 60.1 Å². The van der Waals surface area contributed by atoms with E-state index in [1.807, 2.05) is 6.92 Å². The SMILES string of the molecule is C=C(C)[C@@H]1CC[C@](C)(S)[C@@H](O[P+](=S)O[C@H]2[C@@H](O)[C@H](n3cnc4c(=O)[nH]c(N)nc43)O[C@@H]2CO[Si](C)(C)C(C)(C)C)C1. The van der Waals surface area contributed by atoms with Crippen LogP contribution in [-0.2, 0) is 30.0 Å². The third-order valence-corrected chi connectivity index (χ3v) is 15.1. The first-order chi connectivity index (χ1) is 18.9. The molecule has 0 amide bonds. The summed E-state index contributed by atoms with van der Waals surface area (Å²) in [7, 11) is -4.01. The molecular formula is C26H43N5O6PS2Si+. The second-order valence-electron chi connectivity index (χ2n) is 13.0. The number of aliphatic hydroxyl groups excluding tert-OH is 1. The average Bonchev–Trinajstić information content (AvgIpc) is 3.39. The lowest BCUT2D eigenvalue weighted by Gasteiger charge is -2.38. The highest BCUT2D eigenvalue weighted by atomic mass is 32.4. The molecule has 1 saturated carbocycles. The monoisotopic (exact) mass is 644 g/mol. The van der Waals surface area contributed by atoms with Gasteiger partial charge in [0.1, 0.15) is 18.3 Å². The normalized spacial score (nSPS) is 31.5. The molecule has 4 rings (SSSR count). The lowest BCUT2D eigenvalue weighted by Crippen LogP contribution is -2.45. The maximum atomic E-state index is 12.4. The predicted octanol–water partition coefficient (Wildman–Crippen LogP) is 4.59. The van der Waals surface area contributed by atoms with E-state index in [0.29, 0.717) is 5.92 Å². The molecule has 8 atom stereocenters. The van der Waals surface area contributed by atoms with Crippen LogP contribution in [0.15, 0.2) is 23.3 Å². The van der Waals surface area contributed by atoms with Gasteiger partial charge in [0.2, 0.25) is 17.8 Å².